The molecule has 4 N–H and O–H groups in total. The van der Waals surface area contributed by atoms with Crippen LogP contribution in [0.3, 0.4) is 0 Å². The first-order valence-corrected chi connectivity index (χ1v) is 6.15. The number of nitrogens with one attached hydrogen (secondary N) is 1. The van der Waals surface area contributed by atoms with Gasteiger partial charge in [0.1, 0.15) is 0 Å². The number of nitrogens with two attached hydrogens (primary N) is 1. The highest BCUT2D eigenvalue weighted by molar-refractivity contribution is 5.32. The molecule has 0 amide bonds. The molecule has 2 rings (SSSR count). The van der Waals surface area contributed by atoms with Crippen LogP contribution in [0.2, 0.25) is 0 Å². The Hall–Kier alpha value is -1.63. The lowest BCUT2D eigenvalue weighted by molar-refractivity contribution is 0.104. The predicted octanol–water partition coefficient (Wildman–Crippen LogP) is 0.425. The van der Waals surface area contributed by atoms with E-state index in [2.05, 4.69) is 20.3 Å². The van der Waals surface area contributed by atoms with Crippen molar-refractivity contribution < 1.29 is 9.84 Å². The minimum atomic E-state index is -0.177. The summed E-state index contributed by atoms with van der Waals surface area (Å²) in [7, 11) is 1.48. The summed E-state index contributed by atoms with van der Waals surface area (Å²) in [5, 5.41) is 12.7. The molecule has 0 aromatic carbocycles. The molecule has 1 aromatic rings. The van der Waals surface area contributed by atoms with Gasteiger partial charge in [0.25, 0.3) is 0 Å². The van der Waals surface area contributed by atoms with Crippen LogP contribution in [0, 0.1) is 5.92 Å². The number of methoxy groups -OCH3 is 1. The Morgan fingerprint density at radius 3 is 2.94 bits per heavy atom. The van der Waals surface area contributed by atoms with Crippen molar-refractivity contribution in [2.45, 2.75) is 31.8 Å². The molecule has 2 atom stereocenters. The minimum absolute atomic E-state index is 0.132. The number of aliphatic hydroxyl groups excluding tert-OH is 1. The summed E-state index contributed by atoms with van der Waals surface area (Å²) in [6.07, 6.45) is 3.73. The fraction of sp³-hybridized carbons (Fsp3) is 0.727. The van der Waals surface area contributed by atoms with Gasteiger partial charge in [0, 0.05) is 6.54 Å². The Bertz CT molecular complexity index is 401. The summed E-state index contributed by atoms with van der Waals surface area (Å²) < 4.78 is 4.92. The van der Waals surface area contributed by atoms with E-state index in [4.69, 9.17) is 10.5 Å². The number of hydrogen-bond donors (Lipinski definition) is 3. The quantitative estimate of drug-likeness (QED) is 0.714. The van der Waals surface area contributed by atoms with E-state index in [-0.39, 0.29) is 18.1 Å². The van der Waals surface area contributed by atoms with Crippen molar-refractivity contribution in [3.05, 3.63) is 0 Å². The molecule has 1 aliphatic carbocycles. The van der Waals surface area contributed by atoms with Gasteiger partial charge in [-0.1, -0.05) is 6.42 Å². The van der Waals surface area contributed by atoms with E-state index in [0.717, 1.165) is 32.2 Å². The van der Waals surface area contributed by atoms with Crippen molar-refractivity contribution in [3.8, 4) is 6.01 Å². The van der Waals surface area contributed by atoms with Crippen molar-refractivity contribution in [3.63, 3.8) is 0 Å². The zero-order chi connectivity index (χ0) is 13.0. The van der Waals surface area contributed by atoms with Crippen molar-refractivity contribution in [1.29, 1.82) is 0 Å². The molecule has 0 spiro atoms. The van der Waals surface area contributed by atoms with Gasteiger partial charge in [-0.15, -0.1) is 0 Å². The average molecular weight is 253 g/mol. The van der Waals surface area contributed by atoms with Crippen LogP contribution in [0.15, 0.2) is 0 Å². The molecule has 0 saturated heterocycles. The molecular weight excluding hydrogens is 234 g/mol. The lowest BCUT2D eigenvalue weighted by atomic mass is 9.87. The van der Waals surface area contributed by atoms with Crippen molar-refractivity contribution in [1.82, 2.24) is 15.0 Å². The Labute approximate surface area is 106 Å². The number of nitrogen functional groups attached to an aromatic ring is 1. The first-order valence-electron chi connectivity index (χ1n) is 6.15. The van der Waals surface area contributed by atoms with E-state index < -0.39 is 0 Å². The second kappa shape index (κ2) is 5.81. The standard InChI is InChI=1S/C11H19N5O2/c1-18-11-15-9(12)14-10(16-11)13-6-7-3-2-4-8(17)5-7/h7-8,17H,2-6H2,1H3,(H3,12,13,14,15,16). The Morgan fingerprint density at radius 2 is 2.22 bits per heavy atom. The van der Waals surface area contributed by atoms with E-state index in [0.29, 0.717) is 11.9 Å². The number of hydrogen-bond acceptors (Lipinski definition) is 7. The number of ether oxygens (including phenoxy) is 1. The zero-order valence-electron chi connectivity index (χ0n) is 10.5. The molecule has 18 heavy (non-hydrogen) atoms. The van der Waals surface area contributed by atoms with E-state index in [1.807, 2.05) is 0 Å². The van der Waals surface area contributed by atoms with Crippen molar-refractivity contribution in [2.24, 2.45) is 5.92 Å². The maximum atomic E-state index is 9.59. The van der Waals surface area contributed by atoms with Gasteiger partial charge in [-0.3, -0.25) is 0 Å². The molecule has 0 aliphatic heterocycles. The van der Waals surface area contributed by atoms with Crippen LogP contribution in [0.5, 0.6) is 6.01 Å². The normalized spacial score (nSPS) is 23.7. The molecule has 1 fully saturated rings. The van der Waals surface area contributed by atoms with E-state index in [9.17, 15) is 5.11 Å². The summed E-state index contributed by atoms with van der Waals surface area (Å²) in [6.45, 7) is 0.726. The Morgan fingerprint density at radius 1 is 1.39 bits per heavy atom. The largest absolute Gasteiger partial charge is 0.467 e. The average Bonchev–Trinajstić information content (AvgIpc) is 2.36. The molecule has 1 saturated carbocycles. The summed E-state index contributed by atoms with van der Waals surface area (Å²) in [6, 6.07) is 0.202. The third-order valence-electron chi connectivity index (χ3n) is 3.12. The second-order valence-corrected chi connectivity index (χ2v) is 4.57. The van der Waals surface area contributed by atoms with Crippen molar-refractivity contribution in [2.75, 3.05) is 24.7 Å². The molecule has 0 radical (unpaired) electrons. The van der Waals surface area contributed by atoms with Crippen LogP contribution >= 0.6 is 0 Å². The molecule has 1 aromatic heterocycles. The van der Waals surface area contributed by atoms with Crippen LogP contribution < -0.4 is 15.8 Å². The highest BCUT2D eigenvalue weighted by Crippen LogP contribution is 2.24. The summed E-state index contributed by atoms with van der Waals surface area (Å²) in [4.78, 5) is 11.9. The summed E-state index contributed by atoms with van der Waals surface area (Å²) in [5.41, 5.74) is 5.54. The van der Waals surface area contributed by atoms with Gasteiger partial charge in [0.15, 0.2) is 0 Å². The van der Waals surface area contributed by atoms with Gasteiger partial charge in [0.05, 0.1) is 13.2 Å². The number of rotatable bonds is 4. The maximum absolute atomic E-state index is 9.59. The monoisotopic (exact) mass is 253 g/mol. The lowest BCUT2D eigenvalue weighted by Crippen LogP contribution is -2.25. The highest BCUT2D eigenvalue weighted by atomic mass is 16.5. The summed E-state index contributed by atoms with van der Waals surface area (Å²) in [5.74, 6) is 0.991. The van der Waals surface area contributed by atoms with Crippen LogP contribution in [-0.2, 0) is 0 Å². The SMILES string of the molecule is COc1nc(N)nc(NCC2CCCC(O)C2)n1. The van der Waals surface area contributed by atoms with Gasteiger partial charge in [0.2, 0.25) is 11.9 Å². The molecule has 0 bridgehead atoms. The Balaban J connectivity index is 1.91. The fourth-order valence-electron chi connectivity index (χ4n) is 2.23. The smallest absolute Gasteiger partial charge is 0.322 e. The van der Waals surface area contributed by atoms with Crippen LogP contribution in [0.1, 0.15) is 25.7 Å². The van der Waals surface area contributed by atoms with Crippen molar-refractivity contribution >= 4 is 11.9 Å². The third-order valence-corrected chi connectivity index (χ3v) is 3.12. The van der Waals surface area contributed by atoms with Crippen LogP contribution in [-0.4, -0.2) is 39.8 Å². The van der Waals surface area contributed by atoms with Gasteiger partial charge < -0.3 is 20.9 Å². The van der Waals surface area contributed by atoms with Gasteiger partial charge >= 0.3 is 6.01 Å². The molecule has 7 nitrogen and oxygen atoms in total. The maximum Gasteiger partial charge on any atom is 0.322 e. The van der Waals surface area contributed by atoms with E-state index in [1.54, 1.807) is 0 Å². The first kappa shape index (κ1) is 12.8. The molecular formula is C11H19N5O2. The lowest BCUT2D eigenvalue weighted by Gasteiger charge is -2.25. The fourth-order valence-corrected chi connectivity index (χ4v) is 2.23. The molecule has 1 aliphatic rings. The number of aromatic nitrogens is 3. The predicted molar refractivity (Wildman–Crippen MR) is 67.2 cm³/mol. The van der Waals surface area contributed by atoms with Crippen LogP contribution in [0.4, 0.5) is 11.9 Å². The Kier molecular flexibility index (Phi) is 4.14. The van der Waals surface area contributed by atoms with Gasteiger partial charge in [-0.2, -0.15) is 15.0 Å². The number of nitrogens with zero attached hydrogens (tertiary/aromatic N) is 3. The van der Waals surface area contributed by atoms with Gasteiger partial charge in [-0.25, -0.2) is 0 Å². The minimum Gasteiger partial charge on any atom is -0.467 e. The van der Waals surface area contributed by atoms with E-state index in [1.165, 1.54) is 7.11 Å². The molecule has 7 heteroatoms. The number of aliphatic hydroxyl groups is 1. The third kappa shape index (κ3) is 3.43. The van der Waals surface area contributed by atoms with Gasteiger partial charge in [-0.05, 0) is 25.2 Å². The molecule has 2 unspecified atom stereocenters. The highest BCUT2D eigenvalue weighted by Gasteiger charge is 2.20. The van der Waals surface area contributed by atoms with Crippen LogP contribution in [0.25, 0.3) is 0 Å². The zero-order valence-corrected chi connectivity index (χ0v) is 10.5. The first-order chi connectivity index (χ1) is 8.67. The number of anilines is 2. The second-order valence-electron chi connectivity index (χ2n) is 4.57. The topological polar surface area (TPSA) is 106 Å². The molecule has 1 heterocycles. The van der Waals surface area contributed by atoms with E-state index >= 15 is 0 Å². The summed E-state index contributed by atoms with van der Waals surface area (Å²) >= 11 is 0. The molecule has 100 valence electrons.